The first-order valence-electron chi connectivity index (χ1n) is 10.5. The largest absolute Gasteiger partial charge is 0.393 e. The summed E-state index contributed by atoms with van der Waals surface area (Å²) in [6.07, 6.45) is 3.57. The van der Waals surface area contributed by atoms with Gasteiger partial charge in [-0.2, -0.15) is 0 Å². The predicted molar refractivity (Wildman–Crippen MR) is 103 cm³/mol. The molecule has 4 saturated carbocycles. The fraction of sp³-hybridized carbons (Fsp3) is 0.750. The molecule has 0 amide bonds. The van der Waals surface area contributed by atoms with E-state index in [0.717, 1.165) is 42.5 Å². The summed E-state index contributed by atoms with van der Waals surface area (Å²) in [5, 5.41) is 20.2. The van der Waals surface area contributed by atoms with Crippen molar-refractivity contribution in [2.75, 3.05) is 0 Å². The van der Waals surface area contributed by atoms with Crippen molar-refractivity contribution in [3.05, 3.63) is 26.7 Å². The van der Waals surface area contributed by atoms with E-state index in [1.807, 2.05) is 6.92 Å². The van der Waals surface area contributed by atoms with E-state index < -0.39 is 17.4 Å². The molecule has 152 valence electrons. The predicted octanol–water partition coefficient (Wildman–Crippen LogP) is 0.726. The van der Waals surface area contributed by atoms with Gasteiger partial charge in [0.1, 0.15) is 11.3 Å². The fourth-order valence-corrected chi connectivity index (χ4v) is 6.34. The molecule has 0 aromatic carbocycles. The molecule has 0 aliphatic heterocycles. The first-order chi connectivity index (χ1) is 13.4. The fourth-order valence-electron chi connectivity index (χ4n) is 6.34. The number of aliphatic hydroxyl groups is 2. The monoisotopic (exact) mass is 388 g/mol. The molecule has 0 radical (unpaired) electrons. The second kappa shape index (κ2) is 6.03. The number of aromatic amines is 1. The smallest absolute Gasteiger partial charge is 0.332 e. The minimum atomic E-state index is -0.790. The van der Waals surface area contributed by atoms with Crippen molar-refractivity contribution in [1.29, 1.82) is 0 Å². The average Bonchev–Trinajstić information content (AvgIpc) is 3.28. The van der Waals surface area contributed by atoms with Crippen LogP contribution in [0.15, 0.2) is 9.59 Å². The van der Waals surface area contributed by atoms with Crippen molar-refractivity contribution in [3.8, 4) is 0 Å². The van der Waals surface area contributed by atoms with Crippen LogP contribution >= 0.6 is 0 Å². The van der Waals surface area contributed by atoms with Crippen LogP contribution in [0.4, 0.5) is 0 Å². The van der Waals surface area contributed by atoms with Gasteiger partial charge in [-0.3, -0.25) is 13.9 Å². The summed E-state index contributed by atoms with van der Waals surface area (Å²) >= 11 is 0. The normalized spacial score (nSPS) is 34.6. The average molecular weight is 388 g/mol. The van der Waals surface area contributed by atoms with E-state index in [-0.39, 0.29) is 18.1 Å². The van der Waals surface area contributed by atoms with Gasteiger partial charge in [0.05, 0.1) is 18.8 Å². The third-order valence-corrected chi connectivity index (χ3v) is 7.40. The van der Waals surface area contributed by atoms with E-state index in [1.54, 1.807) is 11.5 Å². The molecule has 0 spiro atoms. The van der Waals surface area contributed by atoms with Crippen LogP contribution in [0, 0.1) is 17.8 Å². The van der Waals surface area contributed by atoms with E-state index in [4.69, 9.17) is 4.98 Å². The Bertz CT molecular complexity index is 1030. The minimum Gasteiger partial charge on any atom is -0.393 e. The number of nitrogens with one attached hydrogen (secondary N) is 1. The number of fused-ring (bicyclic) bond motifs is 1. The zero-order chi connectivity index (χ0) is 19.8. The number of nitrogens with zero attached hydrogens (tertiary/aromatic N) is 3. The van der Waals surface area contributed by atoms with Gasteiger partial charge >= 0.3 is 5.69 Å². The lowest BCUT2D eigenvalue weighted by Crippen LogP contribution is -2.42. The summed E-state index contributed by atoms with van der Waals surface area (Å²) in [7, 11) is 0. The van der Waals surface area contributed by atoms with Crippen LogP contribution in [-0.2, 0) is 18.5 Å². The van der Waals surface area contributed by atoms with Crippen LogP contribution in [0.3, 0.4) is 0 Å². The quantitative estimate of drug-likeness (QED) is 0.699. The number of rotatable bonds is 5. The van der Waals surface area contributed by atoms with Gasteiger partial charge < -0.3 is 15.2 Å². The molecule has 6 atom stereocenters. The maximum atomic E-state index is 13.0. The second-order valence-corrected chi connectivity index (χ2v) is 9.23. The van der Waals surface area contributed by atoms with Gasteiger partial charge in [-0.05, 0) is 56.8 Å². The van der Waals surface area contributed by atoms with Crippen molar-refractivity contribution in [2.24, 2.45) is 17.8 Å². The SMILES string of the molecule is CCCn1c(=O)n(CC(C)O)c(=O)c2[nH]c(C34CC5C[C@@H]3C[C@H](C4)[C@@H]5O)nc21. The van der Waals surface area contributed by atoms with Crippen LogP contribution < -0.4 is 11.2 Å². The highest BCUT2D eigenvalue weighted by Gasteiger charge is 2.63. The van der Waals surface area contributed by atoms with Crippen molar-refractivity contribution in [1.82, 2.24) is 19.1 Å². The molecule has 4 bridgehead atoms. The molecule has 8 heteroatoms. The molecule has 6 rings (SSSR count). The zero-order valence-corrected chi connectivity index (χ0v) is 16.4. The molecule has 4 aliphatic carbocycles. The summed E-state index contributed by atoms with van der Waals surface area (Å²) < 4.78 is 2.68. The number of hydrogen-bond donors (Lipinski definition) is 3. The van der Waals surface area contributed by atoms with Crippen LogP contribution in [-0.4, -0.2) is 41.5 Å². The number of hydrogen-bond acceptors (Lipinski definition) is 5. The number of aliphatic hydroxyl groups excluding tert-OH is 2. The van der Waals surface area contributed by atoms with Crippen LogP contribution in [0.1, 0.15) is 51.8 Å². The lowest BCUT2D eigenvalue weighted by molar-refractivity contribution is 0.0167. The molecule has 28 heavy (non-hydrogen) atoms. The second-order valence-electron chi connectivity index (χ2n) is 9.23. The molecule has 8 nitrogen and oxygen atoms in total. The highest BCUT2D eigenvalue weighted by atomic mass is 16.3. The molecule has 2 heterocycles. The maximum absolute atomic E-state index is 13.0. The lowest BCUT2D eigenvalue weighted by atomic mass is 9.73. The highest BCUT2D eigenvalue weighted by Crippen LogP contribution is 2.65. The number of aromatic nitrogens is 4. The topological polar surface area (TPSA) is 113 Å². The number of imidazole rings is 1. The van der Waals surface area contributed by atoms with Crippen molar-refractivity contribution in [3.63, 3.8) is 0 Å². The van der Waals surface area contributed by atoms with Gasteiger partial charge in [-0.15, -0.1) is 0 Å². The van der Waals surface area contributed by atoms with Gasteiger partial charge in [-0.25, -0.2) is 9.78 Å². The molecule has 0 saturated heterocycles. The Balaban J connectivity index is 1.70. The van der Waals surface area contributed by atoms with E-state index in [9.17, 15) is 19.8 Å². The Kier molecular flexibility index (Phi) is 3.90. The van der Waals surface area contributed by atoms with Crippen molar-refractivity contribution < 1.29 is 10.2 Å². The first kappa shape index (κ1) is 18.1. The van der Waals surface area contributed by atoms with E-state index in [1.165, 1.54) is 0 Å². The molecule has 2 aromatic heterocycles. The van der Waals surface area contributed by atoms with Crippen LogP contribution in [0.25, 0.3) is 11.2 Å². The molecular formula is C20H28N4O4. The van der Waals surface area contributed by atoms with Crippen molar-refractivity contribution >= 4 is 11.2 Å². The third-order valence-electron chi connectivity index (χ3n) is 7.40. The zero-order valence-electron chi connectivity index (χ0n) is 16.4. The van der Waals surface area contributed by atoms with Gasteiger partial charge in [0.2, 0.25) is 0 Å². The van der Waals surface area contributed by atoms with E-state index >= 15 is 0 Å². The van der Waals surface area contributed by atoms with Gasteiger partial charge in [-0.1, -0.05) is 6.92 Å². The summed E-state index contributed by atoms with van der Waals surface area (Å²) in [6.45, 7) is 3.99. The Morgan fingerprint density at radius 2 is 1.93 bits per heavy atom. The van der Waals surface area contributed by atoms with Gasteiger partial charge in [0, 0.05) is 12.0 Å². The van der Waals surface area contributed by atoms with Gasteiger partial charge in [0.25, 0.3) is 5.56 Å². The standard InChI is InChI=1S/C20H28N4O4/c1-3-4-23-16-14(17(27)24(19(23)28)9-10(2)25)21-18(22-16)20-7-11-5-13(20)6-12(8-20)15(11)26/h10-13,15,25-26H,3-9H2,1-2H3,(H,21,22)/t10?,11-,12?,13+,15+,20?/m1/s1. The summed E-state index contributed by atoms with van der Waals surface area (Å²) in [6, 6.07) is 0. The van der Waals surface area contributed by atoms with Crippen LogP contribution in [0.5, 0.6) is 0 Å². The Morgan fingerprint density at radius 1 is 1.25 bits per heavy atom. The molecule has 3 N–H and O–H groups in total. The highest BCUT2D eigenvalue weighted by molar-refractivity contribution is 5.70. The molecular weight excluding hydrogens is 360 g/mol. The molecule has 4 fully saturated rings. The summed E-state index contributed by atoms with van der Waals surface area (Å²) in [5.74, 6) is 1.92. The maximum Gasteiger partial charge on any atom is 0.332 e. The van der Waals surface area contributed by atoms with Crippen molar-refractivity contribution in [2.45, 2.75) is 76.7 Å². The molecule has 2 aromatic rings. The molecule has 3 unspecified atom stereocenters. The minimum absolute atomic E-state index is 0.0320. The van der Waals surface area contributed by atoms with E-state index in [0.29, 0.717) is 35.5 Å². The van der Waals surface area contributed by atoms with Crippen LogP contribution in [0.2, 0.25) is 0 Å². The molecule has 4 aliphatic rings. The number of H-pyrrole nitrogens is 1. The first-order valence-corrected chi connectivity index (χ1v) is 10.5. The Labute approximate surface area is 162 Å². The third kappa shape index (κ3) is 2.27. The summed E-state index contributed by atoms with van der Waals surface area (Å²) in [4.78, 5) is 34.0. The van der Waals surface area contributed by atoms with E-state index in [2.05, 4.69) is 4.98 Å². The number of aryl methyl sites for hydroxylation is 1. The lowest BCUT2D eigenvalue weighted by Gasteiger charge is -2.34. The summed E-state index contributed by atoms with van der Waals surface area (Å²) in [5.41, 5.74) is -0.160. The Hall–Kier alpha value is -1.93. The van der Waals surface area contributed by atoms with Gasteiger partial charge in [0.15, 0.2) is 5.65 Å². The Morgan fingerprint density at radius 3 is 2.54 bits per heavy atom.